The molecule has 0 spiro atoms. The normalized spacial score (nSPS) is 17.5. The fourth-order valence-electron chi connectivity index (χ4n) is 2.48. The van der Waals surface area contributed by atoms with Gasteiger partial charge < -0.3 is 15.8 Å². The minimum atomic E-state index is 0.143. The summed E-state index contributed by atoms with van der Waals surface area (Å²) >= 11 is 0. The third kappa shape index (κ3) is 3.36. The first kappa shape index (κ1) is 14.4. The van der Waals surface area contributed by atoms with Crippen LogP contribution in [-0.4, -0.2) is 17.6 Å². The molecule has 0 amide bonds. The van der Waals surface area contributed by atoms with Gasteiger partial charge >= 0.3 is 0 Å². The molecule has 3 rings (SSSR count). The lowest BCUT2D eigenvalue weighted by atomic mass is 10.0. The lowest BCUT2D eigenvalue weighted by Crippen LogP contribution is -2.37. The van der Waals surface area contributed by atoms with Crippen molar-refractivity contribution >= 4 is 5.96 Å². The number of nitrogens with one attached hydrogen (secondary N) is 1. The summed E-state index contributed by atoms with van der Waals surface area (Å²) < 4.78 is 5.65. The molecule has 5 nitrogen and oxygen atoms in total. The average molecular weight is 296 g/mol. The molecule has 0 bridgehead atoms. The third-order valence-corrected chi connectivity index (χ3v) is 3.69. The van der Waals surface area contributed by atoms with Crippen LogP contribution < -0.4 is 15.8 Å². The minimum absolute atomic E-state index is 0.143. The summed E-state index contributed by atoms with van der Waals surface area (Å²) in [6.45, 7) is 3.17. The highest BCUT2D eigenvalue weighted by Crippen LogP contribution is 2.31. The molecule has 0 fully saturated rings. The number of aryl methyl sites for hydroxylation is 1. The number of benzene rings is 1. The number of ether oxygens (including phenoxy) is 1. The molecular weight excluding hydrogens is 276 g/mol. The number of rotatable bonds is 3. The van der Waals surface area contributed by atoms with E-state index in [0.29, 0.717) is 19.1 Å². The predicted molar refractivity (Wildman–Crippen MR) is 86.7 cm³/mol. The summed E-state index contributed by atoms with van der Waals surface area (Å²) in [5.74, 6) is 1.36. The van der Waals surface area contributed by atoms with E-state index in [2.05, 4.69) is 21.4 Å². The van der Waals surface area contributed by atoms with Crippen LogP contribution in [-0.2, 0) is 6.54 Å². The Labute approximate surface area is 130 Å². The van der Waals surface area contributed by atoms with E-state index in [-0.39, 0.29) is 6.04 Å². The molecule has 1 atom stereocenters. The van der Waals surface area contributed by atoms with E-state index in [9.17, 15) is 0 Å². The van der Waals surface area contributed by atoms with Crippen molar-refractivity contribution in [1.29, 1.82) is 0 Å². The van der Waals surface area contributed by atoms with E-state index < -0.39 is 0 Å². The number of fused-ring (bicyclic) bond motifs is 1. The molecule has 0 saturated heterocycles. The Hall–Kier alpha value is -2.56. The molecule has 1 aliphatic heterocycles. The molecule has 2 heterocycles. The van der Waals surface area contributed by atoms with Crippen LogP contribution in [0.1, 0.15) is 29.3 Å². The van der Waals surface area contributed by atoms with Crippen molar-refractivity contribution in [1.82, 2.24) is 10.3 Å². The highest BCUT2D eigenvalue weighted by atomic mass is 16.5. The van der Waals surface area contributed by atoms with Crippen molar-refractivity contribution in [3.63, 3.8) is 0 Å². The summed E-state index contributed by atoms with van der Waals surface area (Å²) in [6.07, 6.45) is 2.70. The smallest absolute Gasteiger partial charge is 0.189 e. The standard InChI is InChI=1S/C17H20N4O/c1-12-6-7-13(10-19-12)11-20-17(18)21-15-8-9-22-16-5-3-2-4-14(15)16/h2-7,10,15H,8-9,11H2,1H3,(H3,18,20,21). The first-order chi connectivity index (χ1) is 10.7. The van der Waals surface area contributed by atoms with E-state index >= 15 is 0 Å². The maximum atomic E-state index is 6.02. The second kappa shape index (κ2) is 6.47. The molecule has 3 N–H and O–H groups in total. The van der Waals surface area contributed by atoms with E-state index in [0.717, 1.165) is 29.0 Å². The summed E-state index contributed by atoms with van der Waals surface area (Å²) in [7, 11) is 0. The van der Waals surface area contributed by atoms with Gasteiger partial charge in [-0.3, -0.25) is 4.98 Å². The number of aromatic nitrogens is 1. The van der Waals surface area contributed by atoms with Gasteiger partial charge in [0.1, 0.15) is 5.75 Å². The molecule has 1 unspecified atom stereocenters. The van der Waals surface area contributed by atoms with Crippen molar-refractivity contribution in [2.75, 3.05) is 6.61 Å². The number of aliphatic imine (C=N–C) groups is 1. The fourth-order valence-corrected chi connectivity index (χ4v) is 2.48. The zero-order chi connectivity index (χ0) is 15.4. The zero-order valence-corrected chi connectivity index (χ0v) is 12.6. The predicted octanol–water partition coefficient (Wildman–Crippen LogP) is 2.32. The zero-order valence-electron chi connectivity index (χ0n) is 12.6. The highest BCUT2D eigenvalue weighted by molar-refractivity contribution is 5.78. The van der Waals surface area contributed by atoms with Crippen LogP contribution >= 0.6 is 0 Å². The Kier molecular flexibility index (Phi) is 4.23. The van der Waals surface area contributed by atoms with Crippen molar-refractivity contribution in [3.8, 4) is 5.75 Å². The molecule has 1 aromatic carbocycles. The average Bonchev–Trinajstić information content (AvgIpc) is 2.55. The van der Waals surface area contributed by atoms with Gasteiger partial charge in [-0.2, -0.15) is 0 Å². The van der Waals surface area contributed by atoms with Crippen molar-refractivity contribution in [2.24, 2.45) is 10.7 Å². The molecule has 114 valence electrons. The Morgan fingerprint density at radius 3 is 3.05 bits per heavy atom. The van der Waals surface area contributed by atoms with Gasteiger partial charge in [-0.1, -0.05) is 24.3 Å². The Morgan fingerprint density at radius 1 is 1.36 bits per heavy atom. The van der Waals surface area contributed by atoms with Crippen LogP contribution in [0.3, 0.4) is 0 Å². The second-order valence-corrected chi connectivity index (χ2v) is 5.38. The van der Waals surface area contributed by atoms with Gasteiger partial charge in [-0.25, -0.2) is 4.99 Å². The molecule has 0 aliphatic carbocycles. The van der Waals surface area contributed by atoms with Crippen LogP contribution in [0.2, 0.25) is 0 Å². The Bertz CT molecular complexity index is 667. The van der Waals surface area contributed by atoms with Gasteiger partial charge in [0.25, 0.3) is 0 Å². The van der Waals surface area contributed by atoms with E-state index in [1.807, 2.05) is 43.5 Å². The number of hydrogen-bond acceptors (Lipinski definition) is 3. The van der Waals surface area contributed by atoms with Gasteiger partial charge in [-0.15, -0.1) is 0 Å². The van der Waals surface area contributed by atoms with E-state index in [4.69, 9.17) is 10.5 Å². The van der Waals surface area contributed by atoms with Gasteiger partial charge in [0.15, 0.2) is 5.96 Å². The Morgan fingerprint density at radius 2 is 2.23 bits per heavy atom. The Balaban J connectivity index is 1.65. The molecule has 0 saturated carbocycles. The van der Waals surface area contributed by atoms with Crippen molar-refractivity contribution in [2.45, 2.75) is 25.9 Å². The largest absolute Gasteiger partial charge is 0.493 e. The van der Waals surface area contributed by atoms with Crippen LogP contribution in [0.4, 0.5) is 0 Å². The number of guanidine groups is 1. The lowest BCUT2D eigenvalue weighted by Gasteiger charge is -2.26. The number of nitrogens with two attached hydrogens (primary N) is 1. The maximum Gasteiger partial charge on any atom is 0.189 e. The summed E-state index contributed by atoms with van der Waals surface area (Å²) in [5, 5.41) is 3.28. The molecule has 2 aromatic rings. The van der Waals surface area contributed by atoms with Crippen LogP contribution in [0, 0.1) is 6.92 Å². The molecule has 5 heteroatoms. The van der Waals surface area contributed by atoms with Gasteiger partial charge in [0.2, 0.25) is 0 Å². The summed E-state index contributed by atoms with van der Waals surface area (Å²) in [6, 6.07) is 12.2. The molecular formula is C17H20N4O. The third-order valence-electron chi connectivity index (χ3n) is 3.69. The monoisotopic (exact) mass is 296 g/mol. The highest BCUT2D eigenvalue weighted by Gasteiger charge is 2.21. The maximum absolute atomic E-state index is 6.02. The summed E-state index contributed by atoms with van der Waals surface area (Å²) in [5.41, 5.74) is 9.19. The molecule has 1 aliphatic rings. The fraction of sp³-hybridized carbons (Fsp3) is 0.294. The topological polar surface area (TPSA) is 72.5 Å². The SMILES string of the molecule is Cc1ccc(CN=C(N)NC2CCOc3ccccc32)cn1. The van der Waals surface area contributed by atoms with Crippen LogP contribution in [0.5, 0.6) is 5.75 Å². The number of para-hydroxylation sites is 1. The number of pyridine rings is 1. The first-order valence-corrected chi connectivity index (χ1v) is 7.42. The second-order valence-electron chi connectivity index (χ2n) is 5.38. The lowest BCUT2D eigenvalue weighted by molar-refractivity contribution is 0.262. The quantitative estimate of drug-likeness (QED) is 0.673. The molecule has 1 aromatic heterocycles. The molecule has 0 radical (unpaired) electrons. The van der Waals surface area contributed by atoms with Gasteiger partial charge in [-0.05, 0) is 24.6 Å². The first-order valence-electron chi connectivity index (χ1n) is 7.42. The van der Waals surface area contributed by atoms with Gasteiger partial charge in [0, 0.05) is 23.9 Å². The van der Waals surface area contributed by atoms with Crippen molar-refractivity contribution < 1.29 is 4.74 Å². The number of nitrogens with zero attached hydrogens (tertiary/aromatic N) is 2. The van der Waals surface area contributed by atoms with Crippen LogP contribution in [0.15, 0.2) is 47.6 Å². The van der Waals surface area contributed by atoms with Gasteiger partial charge in [0.05, 0.1) is 19.2 Å². The minimum Gasteiger partial charge on any atom is -0.493 e. The van der Waals surface area contributed by atoms with Crippen LogP contribution in [0.25, 0.3) is 0 Å². The van der Waals surface area contributed by atoms with E-state index in [1.54, 1.807) is 0 Å². The molecule has 22 heavy (non-hydrogen) atoms. The van der Waals surface area contributed by atoms with Crippen molar-refractivity contribution in [3.05, 3.63) is 59.4 Å². The summed E-state index contributed by atoms with van der Waals surface area (Å²) in [4.78, 5) is 8.65. The van der Waals surface area contributed by atoms with E-state index in [1.165, 1.54) is 0 Å². The number of hydrogen-bond donors (Lipinski definition) is 2.